The Kier molecular flexibility index (Phi) is 6.32. The monoisotopic (exact) mass is 494 g/mol. The first kappa shape index (κ1) is 24.0. The molecule has 0 aliphatic carbocycles. The predicted molar refractivity (Wildman–Crippen MR) is 137 cm³/mol. The molecule has 4 heterocycles. The normalized spacial score (nSPS) is 15.1. The van der Waals surface area contributed by atoms with E-state index >= 15 is 0 Å². The number of ketones is 1. The number of pyridine rings is 1. The van der Waals surface area contributed by atoms with E-state index in [-0.39, 0.29) is 24.2 Å². The Hall–Kier alpha value is -4.71. The highest BCUT2D eigenvalue weighted by atomic mass is 16.5. The van der Waals surface area contributed by atoms with Crippen molar-refractivity contribution < 1.29 is 14.3 Å². The van der Waals surface area contributed by atoms with Gasteiger partial charge in [0, 0.05) is 48.6 Å². The van der Waals surface area contributed by atoms with Crippen molar-refractivity contribution in [2.45, 2.75) is 25.8 Å². The Balaban J connectivity index is 1.31. The Bertz CT molecular complexity index is 1570. The number of rotatable bonds is 7. The molecule has 1 aliphatic heterocycles. The number of carbonyl (C=O) groups is 2. The second-order valence-corrected chi connectivity index (χ2v) is 9.15. The van der Waals surface area contributed by atoms with Crippen molar-refractivity contribution in [1.82, 2.24) is 24.3 Å². The average molecular weight is 495 g/mol. The van der Waals surface area contributed by atoms with E-state index in [1.807, 2.05) is 47.1 Å². The van der Waals surface area contributed by atoms with Crippen LogP contribution >= 0.6 is 0 Å². The van der Waals surface area contributed by atoms with Gasteiger partial charge in [-0.25, -0.2) is 4.52 Å². The van der Waals surface area contributed by atoms with Gasteiger partial charge in [0.25, 0.3) is 5.91 Å². The van der Waals surface area contributed by atoms with E-state index in [9.17, 15) is 14.9 Å². The van der Waals surface area contributed by atoms with Crippen LogP contribution in [0.2, 0.25) is 0 Å². The van der Waals surface area contributed by atoms with Crippen molar-refractivity contribution in [3.63, 3.8) is 0 Å². The van der Waals surface area contributed by atoms with Crippen LogP contribution in [-0.4, -0.2) is 56.2 Å². The zero-order chi connectivity index (χ0) is 26.1. The van der Waals surface area contributed by atoms with Gasteiger partial charge >= 0.3 is 0 Å². The van der Waals surface area contributed by atoms with E-state index in [2.05, 4.69) is 22.8 Å². The minimum absolute atomic E-state index is 0.0262. The van der Waals surface area contributed by atoms with Crippen LogP contribution in [0.1, 0.15) is 39.5 Å². The molecule has 0 unspecified atom stereocenters. The molecule has 0 saturated carbocycles. The van der Waals surface area contributed by atoms with E-state index in [4.69, 9.17) is 4.74 Å². The summed E-state index contributed by atoms with van der Waals surface area (Å²) in [7, 11) is 1.57. The van der Waals surface area contributed by atoms with E-state index in [1.54, 1.807) is 23.9 Å². The molecular weight excluding hydrogens is 468 g/mol. The second kappa shape index (κ2) is 9.74. The molecule has 1 atom stereocenters. The number of hydrogen-bond acceptors (Lipinski definition) is 6. The number of carbonyl (C=O) groups excluding carboxylic acids is 2. The SMILES string of the molecule is C=CC(=O)Cc1ccc(C(=O)N2CC[C@H](n3cc(-c4cc(OC)c5c(C#N)cnn5c4)cn3)C2)cc1C. The topological polar surface area (TPSA) is 106 Å². The van der Waals surface area contributed by atoms with E-state index in [0.29, 0.717) is 35.5 Å². The number of amides is 1. The summed E-state index contributed by atoms with van der Waals surface area (Å²) in [6, 6.07) is 9.56. The van der Waals surface area contributed by atoms with Crippen molar-refractivity contribution in [2.75, 3.05) is 20.2 Å². The van der Waals surface area contributed by atoms with E-state index < -0.39 is 0 Å². The lowest BCUT2D eigenvalue weighted by molar-refractivity contribution is -0.114. The maximum atomic E-state index is 13.2. The zero-order valence-corrected chi connectivity index (χ0v) is 20.7. The Morgan fingerprint density at radius 2 is 2.05 bits per heavy atom. The van der Waals surface area contributed by atoms with Gasteiger partial charge in [-0.1, -0.05) is 12.6 Å². The van der Waals surface area contributed by atoms with Crippen LogP contribution in [0.4, 0.5) is 0 Å². The standard InChI is InChI=1S/C28H26N6O3/c1-4-25(35)10-19-5-6-20(9-18(19)2)28(36)32-8-7-24(17-32)33-16-23(14-30-33)21-11-26(37-3)27-22(12-29)13-31-34(27)15-21/h4-6,9,11,13-16,24H,1,7-8,10,17H2,2-3H3/t24-/m0/s1. The number of fused-ring (bicyclic) bond motifs is 1. The number of benzene rings is 1. The number of nitriles is 1. The highest BCUT2D eigenvalue weighted by Crippen LogP contribution is 2.31. The second-order valence-electron chi connectivity index (χ2n) is 9.15. The number of hydrogen-bond donors (Lipinski definition) is 0. The fraction of sp³-hybridized carbons (Fsp3) is 0.250. The summed E-state index contributed by atoms with van der Waals surface area (Å²) in [5, 5.41) is 18.2. The summed E-state index contributed by atoms with van der Waals surface area (Å²) >= 11 is 0. The largest absolute Gasteiger partial charge is 0.494 e. The molecular formula is C28H26N6O3. The number of ether oxygens (including phenoxy) is 1. The van der Waals surface area contributed by atoms with Gasteiger partial charge in [0.2, 0.25) is 0 Å². The summed E-state index contributed by atoms with van der Waals surface area (Å²) in [5.74, 6) is 0.493. The number of aromatic nitrogens is 4. The maximum absolute atomic E-state index is 13.2. The quantitative estimate of drug-likeness (QED) is 0.362. The van der Waals surface area contributed by atoms with Crippen molar-refractivity contribution in [1.29, 1.82) is 5.26 Å². The van der Waals surface area contributed by atoms with Crippen molar-refractivity contribution in [3.05, 3.63) is 84.0 Å². The molecule has 1 saturated heterocycles. The van der Waals surface area contributed by atoms with Crippen LogP contribution in [0.15, 0.2) is 61.7 Å². The van der Waals surface area contributed by atoms with Gasteiger partial charge in [-0.05, 0) is 48.7 Å². The molecule has 0 radical (unpaired) electrons. The molecule has 1 fully saturated rings. The smallest absolute Gasteiger partial charge is 0.253 e. The zero-order valence-electron chi connectivity index (χ0n) is 20.7. The summed E-state index contributed by atoms with van der Waals surface area (Å²) in [6.45, 7) is 6.63. The van der Waals surface area contributed by atoms with Gasteiger partial charge in [0.1, 0.15) is 22.9 Å². The minimum Gasteiger partial charge on any atom is -0.494 e. The first-order chi connectivity index (χ1) is 17.9. The van der Waals surface area contributed by atoms with Crippen LogP contribution < -0.4 is 4.74 Å². The lowest BCUT2D eigenvalue weighted by atomic mass is 10.00. The van der Waals surface area contributed by atoms with Crippen molar-refractivity contribution >= 4 is 17.2 Å². The lowest BCUT2D eigenvalue weighted by Crippen LogP contribution is -2.29. The average Bonchev–Trinajstić information content (AvgIpc) is 3.68. The number of nitrogens with zero attached hydrogens (tertiary/aromatic N) is 6. The Morgan fingerprint density at radius 3 is 2.78 bits per heavy atom. The fourth-order valence-corrected chi connectivity index (χ4v) is 4.78. The van der Waals surface area contributed by atoms with Crippen LogP contribution in [0.5, 0.6) is 5.75 Å². The molecule has 1 aliphatic rings. The maximum Gasteiger partial charge on any atom is 0.253 e. The minimum atomic E-state index is -0.0435. The Labute approximate surface area is 214 Å². The van der Waals surface area contributed by atoms with Gasteiger partial charge in [-0.2, -0.15) is 15.5 Å². The molecule has 186 valence electrons. The molecule has 0 N–H and O–H groups in total. The summed E-state index contributed by atoms with van der Waals surface area (Å²) in [6.07, 6.45) is 9.52. The summed E-state index contributed by atoms with van der Waals surface area (Å²) in [4.78, 5) is 26.7. The highest BCUT2D eigenvalue weighted by molar-refractivity contribution is 5.95. The Morgan fingerprint density at radius 1 is 1.22 bits per heavy atom. The van der Waals surface area contributed by atoms with Crippen LogP contribution in [0.3, 0.4) is 0 Å². The third-order valence-electron chi connectivity index (χ3n) is 6.86. The van der Waals surface area contributed by atoms with E-state index in [1.165, 1.54) is 12.3 Å². The summed E-state index contributed by atoms with van der Waals surface area (Å²) < 4.78 is 9.06. The first-order valence-corrected chi connectivity index (χ1v) is 12.0. The van der Waals surface area contributed by atoms with Crippen LogP contribution in [0.25, 0.3) is 16.6 Å². The number of likely N-dealkylation sites (tertiary alicyclic amines) is 1. The van der Waals surface area contributed by atoms with Gasteiger partial charge in [0.05, 0.1) is 25.5 Å². The fourth-order valence-electron chi connectivity index (χ4n) is 4.78. The van der Waals surface area contributed by atoms with Gasteiger partial charge < -0.3 is 9.64 Å². The number of methoxy groups -OCH3 is 1. The third kappa shape index (κ3) is 4.49. The number of aryl methyl sites for hydroxylation is 1. The molecule has 37 heavy (non-hydrogen) atoms. The van der Waals surface area contributed by atoms with Crippen LogP contribution in [-0.2, 0) is 11.2 Å². The van der Waals surface area contributed by atoms with Crippen molar-refractivity contribution in [2.24, 2.45) is 0 Å². The molecule has 5 rings (SSSR count). The molecule has 1 amide bonds. The summed E-state index contributed by atoms with van der Waals surface area (Å²) in [5.41, 5.74) is 5.26. The van der Waals surface area contributed by atoms with Gasteiger partial charge in [-0.3, -0.25) is 14.3 Å². The predicted octanol–water partition coefficient (Wildman–Crippen LogP) is 3.77. The molecule has 3 aromatic heterocycles. The van der Waals surface area contributed by atoms with Gasteiger partial charge in [-0.15, -0.1) is 0 Å². The molecule has 0 bridgehead atoms. The molecule has 4 aromatic rings. The van der Waals surface area contributed by atoms with E-state index in [0.717, 1.165) is 28.7 Å². The molecule has 0 spiro atoms. The highest BCUT2D eigenvalue weighted by Gasteiger charge is 2.29. The van der Waals surface area contributed by atoms with Crippen molar-refractivity contribution in [3.8, 4) is 22.9 Å². The number of allylic oxidation sites excluding steroid dienone is 1. The molecule has 9 nitrogen and oxygen atoms in total. The first-order valence-electron chi connectivity index (χ1n) is 12.0. The van der Waals surface area contributed by atoms with Gasteiger partial charge in [0.15, 0.2) is 5.78 Å². The van der Waals surface area contributed by atoms with Crippen LogP contribution in [0, 0.1) is 18.3 Å². The lowest BCUT2D eigenvalue weighted by Gasteiger charge is -2.17. The third-order valence-corrected chi connectivity index (χ3v) is 6.86. The molecule has 1 aromatic carbocycles. The molecule has 9 heteroatoms.